The summed E-state index contributed by atoms with van der Waals surface area (Å²) in [5.41, 5.74) is 1.44. The first-order valence-electron chi connectivity index (χ1n) is 7.09. The minimum absolute atomic E-state index is 0.665. The second kappa shape index (κ2) is 6.20. The van der Waals surface area contributed by atoms with Crippen LogP contribution in [0.25, 0.3) is 0 Å². The van der Waals surface area contributed by atoms with E-state index >= 15 is 0 Å². The van der Waals surface area contributed by atoms with Crippen molar-refractivity contribution in [1.82, 2.24) is 14.9 Å². The highest BCUT2D eigenvalue weighted by Crippen LogP contribution is 2.27. The van der Waals surface area contributed by atoms with Gasteiger partial charge in [-0.3, -0.25) is 0 Å². The van der Waals surface area contributed by atoms with Crippen molar-refractivity contribution >= 4 is 0 Å². The lowest BCUT2D eigenvalue weighted by molar-refractivity contribution is 0.368. The van der Waals surface area contributed by atoms with E-state index in [0.717, 1.165) is 13.1 Å². The van der Waals surface area contributed by atoms with Crippen molar-refractivity contribution in [3.63, 3.8) is 0 Å². The fourth-order valence-electron chi connectivity index (χ4n) is 2.63. The molecule has 1 aliphatic rings. The molecule has 1 aromatic rings. The topological polar surface area (TPSA) is 29.9 Å². The molecular formula is C14H25N3. The third-order valence-electron chi connectivity index (χ3n) is 3.80. The van der Waals surface area contributed by atoms with Crippen LogP contribution < -0.4 is 5.32 Å². The van der Waals surface area contributed by atoms with Gasteiger partial charge in [-0.05, 0) is 12.8 Å². The summed E-state index contributed by atoms with van der Waals surface area (Å²) in [5.74, 6) is 0.693. The maximum absolute atomic E-state index is 4.37. The largest absolute Gasteiger partial charge is 0.331 e. The molecule has 1 saturated heterocycles. The Bertz CT molecular complexity index is 328. The number of aromatic nitrogens is 2. The summed E-state index contributed by atoms with van der Waals surface area (Å²) in [4.78, 5) is 4.37. The Kier molecular flexibility index (Phi) is 4.60. The molecule has 1 atom stereocenters. The Balaban J connectivity index is 2.07. The van der Waals surface area contributed by atoms with E-state index in [4.69, 9.17) is 0 Å². The van der Waals surface area contributed by atoms with Gasteiger partial charge >= 0.3 is 0 Å². The predicted molar refractivity (Wildman–Crippen MR) is 71.3 cm³/mol. The molecule has 1 aromatic heterocycles. The minimum atomic E-state index is 0.665. The van der Waals surface area contributed by atoms with Crippen LogP contribution in [0, 0.1) is 0 Å². The molecule has 0 spiro atoms. The molecule has 0 amide bonds. The molecule has 2 rings (SSSR count). The summed E-state index contributed by atoms with van der Waals surface area (Å²) in [7, 11) is 0. The monoisotopic (exact) mass is 235 g/mol. The fraction of sp³-hybridized carbons (Fsp3) is 0.786. The molecule has 96 valence electrons. The van der Waals surface area contributed by atoms with E-state index in [1.807, 2.05) is 6.33 Å². The van der Waals surface area contributed by atoms with Gasteiger partial charge in [-0.1, -0.05) is 33.1 Å². The maximum atomic E-state index is 4.37. The molecule has 0 aliphatic carbocycles. The molecule has 0 radical (unpaired) electrons. The van der Waals surface area contributed by atoms with E-state index in [0.29, 0.717) is 12.0 Å². The molecule has 0 bridgehead atoms. The summed E-state index contributed by atoms with van der Waals surface area (Å²) in [6.45, 7) is 6.80. The number of imidazole rings is 1. The zero-order chi connectivity index (χ0) is 12.1. The first kappa shape index (κ1) is 12.6. The first-order chi connectivity index (χ1) is 8.36. The van der Waals surface area contributed by atoms with Crippen LogP contribution in [-0.4, -0.2) is 22.6 Å². The van der Waals surface area contributed by atoms with Crippen LogP contribution in [0.4, 0.5) is 0 Å². The lowest BCUT2D eigenvalue weighted by atomic mass is 9.97. The second-order valence-electron chi connectivity index (χ2n) is 5.17. The average molecular weight is 235 g/mol. The Morgan fingerprint density at radius 3 is 2.76 bits per heavy atom. The zero-order valence-electron chi connectivity index (χ0n) is 11.2. The number of nitrogens with one attached hydrogen (secondary N) is 1. The van der Waals surface area contributed by atoms with Crippen LogP contribution in [0.2, 0.25) is 0 Å². The molecule has 3 nitrogen and oxygen atoms in total. The van der Waals surface area contributed by atoms with Gasteiger partial charge in [0.1, 0.15) is 0 Å². The van der Waals surface area contributed by atoms with Crippen molar-refractivity contribution < 1.29 is 0 Å². The van der Waals surface area contributed by atoms with Gasteiger partial charge in [0.25, 0.3) is 0 Å². The van der Waals surface area contributed by atoms with Crippen molar-refractivity contribution in [2.75, 3.05) is 13.1 Å². The molecule has 0 saturated carbocycles. The fourth-order valence-corrected chi connectivity index (χ4v) is 2.63. The van der Waals surface area contributed by atoms with E-state index in [1.54, 1.807) is 0 Å². The number of nitrogens with zero attached hydrogens (tertiary/aromatic N) is 2. The van der Waals surface area contributed by atoms with Gasteiger partial charge < -0.3 is 9.88 Å². The van der Waals surface area contributed by atoms with E-state index in [9.17, 15) is 0 Å². The summed E-state index contributed by atoms with van der Waals surface area (Å²) >= 11 is 0. The minimum Gasteiger partial charge on any atom is -0.331 e. The predicted octanol–water partition coefficient (Wildman–Crippen LogP) is 3.10. The smallest absolute Gasteiger partial charge is 0.0950 e. The Hall–Kier alpha value is -0.830. The third kappa shape index (κ3) is 2.89. The molecule has 1 unspecified atom stereocenters. The summed E-state index contributed by atoms with van der Waals surface area (Å²) in [6.07, 6.45) is 10.6. The average Bonchev–Trinajstić information content (AvgIpc) is 2.70. The van der Waals surface area contributed by atoms with E-state index in [2.05, 4.69) is 34.9 Å². The molecule has 1 aliphatic heterocycles. The Morgan fingerprint density at radius 2 is 2.18 bits per heavy atom. The lowest BCUT2D eigenvalue weighted by Gasteiger charge is -2.30. The molecule has 1 N–H and O–H groups in total. The summed E-state index contributed by atoms with van der Waals surface area (Å²) in [5, 5.41) is 3.35. The first-order valence-corrected chi connectivity index (χ1v) is 7.09. The summed E-state index contributed by atoms with van der Waals surface area (Å²) in [6, 6.07) is 0.665. The Morgan fingerprint density at radius 1 is 1.35 bits per heavy atom. The van der Waals surface area contributed by atoms with Crippen molar-refractivity contribution in [3.05, 3.63) is 18.2 Å². The van der Waals surface area contributed by atoms with Crippen LogP contribution in [0.5, 0.6) is 0 Å². The highest BCUT2D eigenvalue weighted by molar-refractivity contribution is 5.12. The number of hydrogen-bond acceptors (Lipinski definition) is 2. The maximum Gasteiger partial charge on any atom is 0.0950 e. The number of unbranched alkanes of at least 4 members (excludes halogenated alkanes) is 1. The normalized spacial score (nSPS) is 18.0. The quantitative estimate of drug-likeness (QED) is 0.787. The van der Waals surface area contributed by atoms with Gasteiger partial charge in [-0.2, -0.15) is 0 Å². The highest BCUT2D eigenvalue weighted by atomic mass is 15.1. The summed E-state index contributed by atoms with van der Waals surface area (Å²) < 4.78 is 2.45. The molecule has 3 heteroatoms. The molecular weight excluding hydrogens is 210 g/mol. The van der Waals surface area contributed by atoms with Crippen LogP contribution in [0.3, 0.4) is 0 Å². The van der Waals surface area contributed by atoms with Crippen molar-refractivity contribution in [3.8, 4) is 0 Å². The van der Waals surface area contributed by atoms with Crippen molar-refractivity contribution in [1.29, 1.82) is 0 Å². The Labute approximate surface area is 105 Å². The standard InChI is InChI=1S/C14H25N3/c1-3-5-7-13(6-4-2)17-11-16-10-14(17)12-8-15-9-12/h10-13,15H,3-9H2,1-2H3. The lowest BCUT2D eigenvalue weighted by Crippen LogP contribution is -2.41. The van der Waals surface area contributed by atoms with Crippen LogP contribution in [0.15, 0.2) is 12.5 Å². The number of rotatable bonds is 7. The molecule has 17 heavy (non-hydrogen) atoms. The number of hydrogen-bond donors (Lipinski definition) is 1. The van der Waals surface area contributed by atoms with Gasteiger partial charge in [-0.15, -0.1) is 0 Å². The van der Waals surface area contributed by atoms with Crippen LogP contribution in [0.1, 0.15) is 63.6 Å². The molecule has 1 fully saturated rings. The van der Waals surface area contributed by atoms with E-state index in [-0.39, 0.29) is 0 Å². The SMILES string of the molecule is CCCCC(CCC)n1cncc1C1CNC1. The van der Waals surface area contributed by atoms with Crippen molar-refractivity contribution in [2.45, 2.75) is 57.9 Å². The van der Waals surface area contributed by atoms with Gasteiger partial charge in [0.05, 0.1) is 6.33 Å². The van der Waals surface area contributed by atoms with Crippen LogP contribution >= 0.6 is 0 Å². The third-order valence-corrected chi connectivity index (χ3v) is 3.80. The van der Waals surface area contributed by atoms with Gasteiger partial charge in [0, 0.05) is 36.9 Å². The zero-order valence-corrected chi connectivity index (χ0v) is 11.2. The van der Waals surface area contributed by atoms with Gasteiger partial charge in [-0.25, -0.2) is 4.98 Å². The molecule has 2 heterocycles. The van der Waals surface area contributed by atoms with E-state index in [1.165, 1.54) is 37.8 Å². The second-order valence-corrected chi connectivity index (χ2v) is 5.17. The van der Waals surface area contributed by atoms with Crippen molar-refractivity contribution in [2.24, 2.45) is 0 Å². The van der Waals surface area contributed by atoms with Gasteiger partial charge in [0.15, 0.2) is 0 Å². The highest BCUT2D eigenvalue weighted by Gasteiger charge is 2.24. The van der Waals surface area contributed by atoms with Crippen LogP contribution in [-0.2, 0) is 0 Å². The van der Waals surface area contributed by atoms with Gasteiger partial charge in [0.2, 0.25) is 0 Å². The molecule has 0 aromatic carbocycles. The van der Waals surface area contributed by atoms with E-state index < -0.39 is 0 Å².